The summed E-state index contributed by atoms with van der Waals surface area (Å²) in [4.78, 5) is 14.1. The summed E-state index contributed by atoms with van der Waals surface area (Å²) in [5.74, 6) is 1.55. The number of rotatable bonds is 5. The van der Waals surface area contributed by atoms with E-state index < -0.39 is 10.0 Å². The fourth-order valence-corrected chi connectivity index (χ4v) is 4.33. The Balaban J connectivity index is 1.79. The Labute approximate surface area is 136 Å². The first-order valence-electron chi connectivity index (χ1n) is 7.36. The molecule has 5 nitrogen and oxygen atoms in total. The Bertz CT molecular complexity index is 590. The molecule has 0 aliphatic carbocycles. The smallest absolute Gasteiger partial charge is 0.226 e. The highest BCUT2D eigenvalue weighted by Crippen LogP contribution is 2.17. The number of benzene rings is 1. The third-order valence-corrected chi connectivity index (χ3v) is 6.18. The maximum Gasteiger partial charge on any atom is 0.226 e. The van der Waals surface area contributed by atoms with E-state index in [4.69, 9.17) is 0 Å². The first-order chi connectivity index (χ1) is 10.5. The van der Waals surface area contributed by atoms with Crippen molar-refractivity contribution in [3.8, 4) is 0 Å². The van der Waals surface area contributed by atoms with Crippen molar-refractivity contribution in [3.63, 3.8) is 0 Å². The number of nitrogens with zero attached hydrogens (tertiary/aromatic N) is 1. The quantitative estimate of drug-likeness (QED) is 0.876. The van der Waals surface area contributed by atoms with Crippen molar-refractivity contribution in [2.75, 3.05) is 31.1 Å². The molecule has 1 aromatic rings. The lowest BCUT2D eigenvalue weighted by atomic mass is 10.2. The first-order valence-corrected chi connectivity index (χ1v) is 10.2. The van der Waals surface area contributed by atoms with Gasteiger partial charge in [0.1, 0.15) is 0 Å². The molecule has 0 spiro atoms. The summed E-state index contributed by atoms with van der Waals surface area (Å²) < 4.78 is 25.5. The van der Waals surface area contributed by atoms with Gasteiger partial charge >= 0.3 is 0 Å². The van der Waals surface area contributed by atoms with Gasteiger partial charge in [-0.15, -0.1) is 0 Å². The molecular formula is C15H22N2O3S2. The summed E-state index contributed by atoms with van der Waals surface area (Å²) in [7, 11) is -3.21. The number of thioether (sulfide) groups is 1. The summed E-state index contributed by atoms with van der Waals surface area (Å²) in [5.41, 5.74) is 1.25. The molecule has 1 saturated heterocycles. The number of sulfonamides is 1. The van der Waals surface area contributed by atoms with E-state index in [2.05, 4.69) is 16.9 Å². The summed E-state index contributed by atoms with van der Waals surface area (Å²) in [6, 6.07) is 10.2. The Morgan fingerprint density at radius 3 is 2.77 bits per heavy atom. The molecule has 0 saturated carbocycles. The molecule has 1 fully saturated rings. The highest BCUT2D eigenvalue weighted by Gasteiger charge is 2.25. The van der Waals surface area contributed by atoms with E-state index in [0.717, 1.165) is 11.5 Å². The van der Waals surface area contributed by atoms with Gasteiger partial charge in [0, 0.05) is 37.1 Å². The van der Waals surface area contributed by atoms with Crippen molar-refractivity contribution in [1.82, 2.24) is 9.62 Å². The van der Waals surface area contributed by atoms with Gasteiger partial charge in [-0.05, 0) is 5.56 Å². The van der Waals surface area contributed by atoms with Gasteiger partial charge in [0.2, 0.25) is 15.9 Å². The van der Waals surface area contributed by atoms with E-state index in [0.29, 0.717) is 13.1 Å². The zero-order valence-corrected chi connectivity index (χ0v) is 14.3. The molecule has 22 heavy (non-hydrogen) atoms. The minimum Gasteiger partial charge on any atom is -0.340 e. The second kappa shape index (κ2) is 7.99. The molecule has 1 aliphatic rings. The molecule has 0 radical (unpaired) electrons. The van der Waals surface area contributed by atoms with Gasteiger partial charge in [-0.25, -0.2) is 13.1 Å². The number of amides is 1. The van der Waals surface area contributed by atoms with Crippen molar-refractivity contribution in [3.05, 3.63) is 35.9 Å². The van der Waals surface area contributed by atoms with Crippen LogP contribution in [0.15, 0.2) is 30.3 Å². The molecule has 7 heteroatoms. The molecule has 122 valence electrons. The van der Waals surface area contributed by atoms with E-state index in [1.807, 2.05) is 25.1 Å². The molecule has 1 atom stereocenters. The Morgan fingerprint density at radius 1 is 1.32 bits per heavy atom. The van der Waals surface area contributed by atoms with Crippen LogP contribution in [-0.2, 0) is 20.6 Å². The third-order valence-electron chi connectivity index (χ3n) is 3.55. The SMILES string of the molecule is CC(CSCc1ccccc1)C(=O)N1CCNS(=O)(=O)CC1. The van der Waals surface area contributed by atoms with Crippen LogP contribution in [0, 0.1) is 5.92 Å². The van der Waals surface area contributed by atoms with E-state index >= 15 is 0 Å². The lowest BCUT2D eigenvalue weighted by Crippen LogP contribution is -2.39. The molecule has 1 amide bonds. The van der Waals surface area contributed by atoms with E-state index in [1.54, 1.807) is 16.7 Å². The van der Waals surface area contributed by atoms with Gasteiger partial charge in [-0.1, -0.05) is 37.3 Å². The Morgan fingerprint density at radius 2 is 2.05 bits per heavy atom. The van der Waals surface area contributed by atoms with Crippen molar-refractivity contribution < 1.29 is 13.2 Å². The van der Waals surface area contributed by atoms with Crippen molar-refractivity contribution in [1.29, 1.82) is 0 Å². The molecular weight excluding hydrogens is 320 g/mol. The maximum absolute atomic E-state index is 12.4. The van der Waals surface area contributed by atoms with E-state index in [-0.39, 0.29) is 24.1 Å². The van der Waals surface area contributed by atoms with Crippen LogP contribution < -0.4 is 4.72 Å². The molecule has 1 aliphatic heterocycles. The predicted octanol–water partition coefficient (Wildman–Crippen LogP) is 1.32. The fraction of sp³-hybridized carbons (Fsp3) is 0.533. The Kier molecular flexibility index (Phi) is 6.28. The molecule has 1 heterocycles. The second-order valence-electron chi connectivity index (χ2n) is 5.44. The van der Waals surface area contributed by atoms with Gasteiger partial charge in [0.05, 0.1) is 5.75 Å². The number of nitrogens with one attached hydrogen (secondary N) is 1. The second-order valence-corrected chi connectivity index (χ2v) is 8.40. The van der Waals surface area contributed by atoms with Gasteiger partial charge in [-0.2, -0.15) is 11.8 Å². The van der Waals surface area contributed by atoms with E-state index in [9.17, 15) is 13.2 Å². The Hall–Kier alpha value is -1.05. The molecule has 1 aromatic carbocycles. The molecule has 2 rings (SSSR count). The maximum atomic E-state index is 12.4. The largest absolute Gasteiger partial charge is 0.340 e. The molecule has 1 unspecified atom stereocenters. The standard InChI is InChI=1S/C15H22N2O3S2/c1-13(11-21-12-14-5-3-2-4-6-14)15(18)17-8-7-16-22(19,20)10-9-17/h2-6,13,16H,7-12H2,1H3. The topological polar surface area (TPSA) is 66.5 Å². The fourth-order valence-electron chi connectivity index (χ4n) is 2.28. The average Bonchev–Trinajstić information content (AvgIpc) is 2.68. The van der Waals surface area contributed by atoms with Crippen molar-refractivity contribution in [2.24, 2.45) is 5.92 Å². The number of hydrogen-bond donors (Lipinski definition) is 1. The summed E-state index contributed by atoms with van der Waals surface area (Å²) in [6.45, 7) is 2.94. The molecule has 0 bridgehead atoms. The van der Waals surface area contributed by atoms with Gasteiger partial charge in [0.25, 0.3) is 0 Å². The minimum atomic E-state index is -3.21. The van der Waals surface area contributed by atoms with Crippen LogP contribution in [0.25, 0.3) is 0 Å². The monoisotopic (exact) mass is 342 g/mol. The highest BCUT2D eigenvalue weighted by molar-refractivity contribution is 7.98. The first kappa shape index (κ1) is 17.3. The minimum absolute atomic E-state index is 0.0113. The average molecular weight is 342 g/mol. The van der Waals surface area contributed by atoms with Gasteiger partial charge in [0.15, 0.2) is 0 Å². The summed E-state index contributed by atoms with van der Waals surface area (Å²) >= 11 is 1.73. The van der Waals surface area contributed by atoms with E-state index in [1.165, 1.54) is 5.56 Å². The van der Waals surface area contributed by atoms with Crippen molar-refractivity contribution in [2.45, 2.75) is 12.7 Å². The molecule has 1 N–H and O–H groups in total. The highest BCUT2D eigenvalue weighted by atomic mass is 32.2. The predicted molar refractivity (Wildman–Crippen MR) is 90.1 cm³/mol. The van der Waals surface area contributed by atoms with Crippen molar-refractivity contribution >= 4 is 27.7 Å². The van der Waals surface area contributed by atoms with Crippen LogP contribution in [0.5, 0.6) is 0 Å². The van der Waals surface area contributed by atoms with Gasteiger partial charge in [-0.3, -0.25) is 4.79 Å². The van der Waals surface area contributed by atoms with Gasteiger partial charge < -0.3 is 4.90 Å². The zero-order chi connectivity index (χ0) is 16.0. The number of carbonyl (C=O) groups excluding carboxylic acids is 1. The van der Waals surface area contributed by atoms with Crippen LogP contribution >= 0.6 is 11.8 Å². The summed E-state index contributed by atoms with van der Waals surface area (Å²) in [5, 5.41) is 0. The lowest BCUT2D eigenvalue weighted by molar-refractivity contribution is -0.133. The molecule has 0 aromatic heterocycles. The van der Waals surface area contributed by atoms with Crippen LogP contribution in [0.2, 0.25) is 0 Å². The van der Waals surface area contributed by atoms with Crippen LogP contribution in [0.4, 0.5) is 0 Å². The van der Waals surface area contributed by atoms with Crippen LogP contribution in [0.3, 0.4) is 0 Å². The number of carbonyl (C=O) groups is 1. The third kappa shape index (κ3) is 5.30. The number of hydrogen-bond acceptors (Lipinski definition) is 4. The van der Waals surface area contributed by atoms with Crippen LogP contribution in [0.1, 0.15) is 12.5 Å². The lowest BCUT2D eigenvalue weighted by Gasteiger charge is -2.23. The normalized spacial score (nSPS) is 19.4. The zero-order valence-electron chi connectivity index (χ0n) is 12.7. The summed E-state index contributed by atoms with van der Waals surface area (Å²) in [6.07, 6.45) is 0. The van der Waals surface area contributed by atoms with Crippen LogP contribution in [-0.4, -0.2) is 50.4 Å².